The normalized spacial score (nSPS) is 26.0. The lowest BCUT2D eigenvalue weighted by Crippen LogP contribution is -2.34. The Morgan fingerprint density at radius 2 is 1.97 bits per heavy atom. The van der Waals surface area contributed by atoms with E-state index in [4.69, 9.17) is 0 Å². The molecule has 0 heterocycles. The number of benzene rings is 1. The van der Waals surface area contributed by atoms with Crippen LogP contribution in [0.5, 0.6) is 0 Å². The maximum atomic E-state index is 13.2. The van der Waals surface area contributed by atoms with E-state index in [2.05, 4.69) is 43.4 Å². The second-order valence-electron chi connectivity index (χ2n) is 8.79. The Hall–Kier alpha value is -2.04. The second kappa shape index (κ2) is 7.33. The van der Waals surface area contributed by atoms with Crippen molar-refractivity contribution in [1.29, 1.82) is 0 Å². The van der Waals surface area contributed by atoms with Gasteiger partial charge in [-0.15, -0.1) is 0 Å². The van der Waals surface area contributed by atoms with E-state index >= 15 is 0 Å². The average Bonchev–Trinajstić information content (AvgIpc) is 3.51. The van der Waals surface area contributed by atoms with Crippen molar-refractivity contribution in [2.45, 2.75) is 44.9 Å². The SMILES string of the molecule is CC1C=CC(CCS(=O)O)=c2ccc3c(c21)C(=O)C=C1C=CCC(CC2CC2)C=31. The molecule has 4 aliphatic rings. The third-order valence-corrected chi connectivity index (χ3v) is 7.31. The molecule has 4 aliphatic carbocycles. The van der Waals surface area contributed by atoms with Gasteiger partial charge in [0, 0.05) is 11.5 Å². The van der Waals surface area contributed by atoms with Crippen molar-refractivity contribution in [2.24, 2.45) is 11.8 Å². The zero-order chi connectivity index (χ0) is 20.1. The van der Waals surface area contributed by atoms with Crippen molar-refractivity contribution in [3.8, 4) is 0 Å². The molecular formula is C25H26O3S. The molecule has 0 radical (unpaired) electrons. The van der Waals surface area contributed by atoms with Crippen LogP contribution in [0.2, 0.25) is 0 Å². The molecule has 1 aromatic rings. The minimum Gasteiger partial charge on any atom is -0.306 e. The Kier molecular flexibility index (Phi) is 4.79. The smallest absolute Gasteiger partial charge is 0.187 e. The van der Waals surface area contributed by atoms with Crippen LogP contribution in [0.3, 0.4) is 0 Å². The van der Waals surface area contributed by atoms with Crippen LogP contribution < -0.4 is 10.4 Å². The summed E-state index contributed by atoms with van der Waals surface area (Å²) in [5.41, 5.74) is 5.46. The zero-order valence-corrected chi connectivity index (χ0v) is 17.5. The third kappa shape index (κ3) is 3.43. The molecule has 1 N–H and O–H groups in total. The van der Waals surface area contributed by atoms with Crippen LogP contribution >= 0.6 is 0 Å². The van der Waals surface area contributed by atoms with Gasteiger partial charge in [-0.1, -0.05) is 56.2 Å². The fraction of sp³-hybridized carbons (Fsp3) is 0.400. The van der Waals surface area contributed by atoms with Crippen LogP contribution in [0.25, 0.3) is 11.1 Å². The fourth-order valence-electron chi connectivity index (χ4n) is 5.21. The summed E-state index contributed by atoms with van der Waals surface area (Å²) in [4.78, 5) is 13.2. The number of hydrogen-bond acceptors (Lipinski definition) is 2. The Balaban J connectivity index is 1.73. The van der Waals surface area contributed by atoms with Gasteiger partial charge < -0.3 is 4.55 Å². The first kappa shape index (κ1) is 19.0. The maximum Gasteiger partial charge on any atom is 0.187 e. The van der Waals surface area contributed by atoms with Gasteiger partial charge in [0.2, 0.25) is 0 Å². The van der Waals surface area contributed by atoms with E-state index in [1.54, 1.807) is 0 Å². The average molecular weight is 407 g/mol. The highest BCUT2D eigenvalue weighted by Crippen LogP contribution is 2.43. The molecule has 0 bridgehead atoms. The van der Waals surface area contributed by atoms with Crippen molar-refractivity contribution in [2.75, 3.05) is 5.75 Å². The third-order valence-electron chi connectivity index (χ3n) is 6.75. The summed E-state index contributed by atoms with van der Waals surface area (Å²) in [7, 11) is 0. The molecule has 3 unspecified atom stereocenters. The summed E-state index contributed by atoms with van der Waals surface area (Å²) in [5.74, 6) is 1.82. The zero-order valence-electron chi connectivity index (χ0n) is 16.7. The van der Waals surface area contributed by atoms with E-state index in [1.165, 1.54) is 24.8 Å². The van der Waals surface area contributed by atoms with Gasteiger partial charge >= 0.3 is 0 Å². The molecule has 0 amide bonds. The summed E-state index contributed by atoms with van der Waals surface area (Å²) >= 11 is -1.81. The summed E-state index contributed by atoms with van der Waals surface area (Å²) in [5, 5.41) is 2.19. The first-order valence-electron chi connectivity index (χ1n) is 10.6. The first-order chi connectivity index (χ1) is 14.0. The molecule has 0 aromatic heterocycles. The molecule has 1 saturated carbocycles. The number of allylic oxidation sites excluding steroid dienone is 6. The van der Waals surface area contributed by atoms with Gasteiger partial charge in [0.05, 0.1) is 5.75 Å². The molecule has 1 fully saturated rings. The Labute approximate surface area is 173 Å². The maximum absolute atomic E-state index is 13.2. The molecule has 150 valence electrons. The minimum absolute atomic E-state index is 0.0968. The highest BCUT2D eigenvalue weighted by Gasteiger charge is 2.33. The van der Waals surface area contributed by atoms with Crippen LogP contribution in [-0.4, -0.2) is 20.3 Å². The van der Waals surface area contributed by atoms with Crippen LogP contribution in [0.4, 0.5) is 0 Å². The van der Waals surface area contributed by atoms with Gasteiger partial charge in [-0.25, -0.2) is 4.21 Å². The summed E-state index contributed by atoms with van der Waals surface area (Å²) in [6.45, 7) is 2.14. The summed E-state index contributed by atoms with van der Waals surface area (Å²) < 4.78 is 20.4. The Morgan fingerprint density at radius 1 is 1.17 bits per heavy atom. The summed E-state index contributed by atoms with van der Waals surface area (Å²) in [6.07, 6.45) is 15.9. The minimum atomic E-state index is -1.81. The molecule has 1 aromatic carbocycles. The lowest BCUT2D eigenvalue weighted by Gasteiger charge is -2.29. The van der Waals surface area contributed by atoms with Crippen molar-refractivity contribution in [3.63, 3.8) is 0 Å². The van der Waals surface area contributed by atoms with Crippen molar-refractivity contribution < 1.29 is 13.6 Å². The molecule has 0 aliphatic heterocycles. The van der Waals surface area contributed by atoms with Gasteiger partial charge in [0.25, 0.3) is 0 Å². The topological polar surface area (TPSA) is 54.4 Å². The van der Waals surface area contributed by atoms with Gasteiger partial charge in [-0.3, -0.25) is 4.79 Å². The summed E-state index contributed by atoms with van der Waals surface area (Å²) in [6, 6.07) is 4.27. The van der Waals surface area contributed by atoms with Crippen molar-refractivity contribution in [1.82, 2.24) is 0 Å². The molecule has 29 heavy (non-hydrogen) atoms. The Bertz CT molecular complexity index is 1130. The second-order valence-corrected chi connectivity index (χ2v) is 9.84. The molecule has 4 heteroatoms. The van der Waals surface area contributed by atoms with Crippen LogP contribution in [0.15, 0.2) is 48.1 Å². The van der Waals surface area contributed by atoms with Crippen LogP contribution in [0, 0.1) is 11.8 Å². The number of hydrogen-bond donors (Lipinski definition) is 1. The van der Waals surface area contributed by atoms with Gasteiger partial charge in [0.1, 0.15) is 0 Å². The van der Waals surface area contributed by atoms with E-state index in [0.717, 1.165) is 45.0 Å². The fourth-order valence-corrected chi connectivity index (χ4v) is 5.61. The first-order valence-corrected chi connectivity index (χ1v) is 11.9. The Morgan fingerprint density at radius 3 is 2.72 bits per heavy atom. The molecule has 0 spiro atoms. The van der Waals surface area contributed by atoms with Crippen LogP contribution in [0.1, 0.15) is 60.9 Å². The van der Waals surface area contributed by atoms with E-state index in [-0.39, 0.29) is 17.5 Å². The lowest BCUT2D eigenvalue weighted by atomic mass is 9.74. The highest BCUT2D eigenvalue weighted by molar-refractivity contribution is 7.79. The van der Waals surface area contributed by atoms with E-state index in [0.29, 0.717) is 12.3 Å². The molecule has 3 atom stereocenters. The quantitative estimate of drug-likeness (QED) is 0.758. The van der Waals surface area contributed by atoms with Crippen molar-refractivity contribution >= 4 is 28.0 Å². The largest absolute Gasteiger partial charge is 0.306 e. The predicted octanol–water partition coefficient (Wildman–Crippen LogP) is 3.77. The molecule has 3 nitrogen and oxygen atoms in total. The standard InChI is InChI=1S/C25H26O3S/c1-15-5-8-17(11-12-29(27)28)20-9-10-21-24-18(13-16-6-7-16)3-2-4-19(24)14-22(26)25(21)23(15)20/h2,4-5,8-10,14-16,18H,3,6-7,11-13H2,1H3,(H,27,28). The van der Waals surface area contributed by atoms with Gasteiger partial charge in [0.15, 0.2) is 16.9 Å². The highest BCUT2D eigenvalue weighted by atomic mass is 32.2. The van der Waals surface area contributed by atoms with Gasteiger partial charge in [-0.05, 0) is 69.9 Å². The van der Waals surface area contributed by atoms with E-state index in [1.807, 2.05) is 6.08 Å². The number of carbonyl (C=O) groups is 1. The number of ketones is 1. The van der Waals surface area contributed by atoms with Crippen LogP contribution in [-0.2, 0) is 11.1 Å². The number of carbonyl (C=O) groups excluding carboxylic acids is 1. The molecule has 0 saturated heterocycles. The number of rotatable bonds is 5. The lowest BCUT2D eigenvalue weighted by molar-refractivity contribution is 0.104. The van der Waals surface area contributed by atoms with E-state index < -0.39 is 11.1 Å². The molecular weight excluding hydrogens is 380 g/mol. The monoisotopic (exact) mass is 406 g/mol. The predicted molar refractivity (Wildman–Crippen MR) is 117 cm³/mol. The number of fused-ring (bicyclic) bond motifs is 4. The molecule has 5 rings (SSSR count). The van der Waals surface area contributed by atoms with Crippen molar-refractivity contribution in [3.05, 3.63) is 69.7 Å². The van der Waals surface area contributed by atoms with Gasteiger partial charge in [-0.2, -0.15) is 0 Å². The van der Waals surface area contributed by atoms with E-state index in [9.17, 15) is 13.6 Å².